The Bertz CT molecular complexity index is 2390. The summed E-state index contributed by atoms with van der Waals surface area (Å²) in [6.45, 7) is 0. The normalized spacial score (nSPS) is 11.0. The summed E-state index contributed by atoms with van der Waals surface area (Å²) >= 11 is 0. The molecule has 13 heteroatoms. The van der Waals surface area contributed by atoms with Gasteiger partial charge < -0.3 is 59.6 Å². The Balaban J connectivity index is 0.00000144. The molecular formula is C44H36Cl4N8Pd. The van der Waals surface area contributed by atoms with Crippen LogP contribution in [0, 0.1) is 0 Å². The second-order valence-corrected chi connectivity index (χ2v) is 13.4. The van der Waals surface area contributed by atoms with Crippen LogP contribution < -0.4 is 77.9 Å². The molecule has 0 fully saturated rings. The maximum absolute atomic E-state index is 5.35. The molecule has 57 heavy (non-hydrogen) atoms. The van der Waals surface area contributed by atoms with Crippen molar-refractivity contribution in [2.45, 2.75) is 0 Å². The van der Waals surface area contributed by atoms with E-state index >= 15 is 0 Å². The van der Waals surface area contributed by atoms with Gasteiger partial charge in [-0.2, -0.15) is 0 Å². The van der Waals surface area contributed by atoms with E-state index < -0.39 is 0 Å². The number of aromatic nitrogens is 8. The topological polar surface area (TPSA) is 69.5 Å². The number of hydrogen-bond donors (Lipinski definition) is 0. The van der Waals surface area contributed by atoms with Crippen LogP contribution in [-0.4, -0.2) is 9.97 Å². The Morgan fingerprint density at radius 2 is 0.526 bits per heavy atom. The molecule has 8 bridgehead atoms. The molecule has 0 atom stereocenters. The molecule has 2 aliphatic rings. The molecule has 0 amide bonds. The summed E-state index contributed by atoms with van der Waals surface area (Å²) in [5.41, 5.74) is 14.7. The summed E-state index contributed by atoms with van der Waals surface area (Å²) in [5.74, 6) is 0. The van der Waals surface area contributed by atoms with E-state index in [1.54, 1.807) is 0 Å². The van der Waals surface area contributed by atoms with Gasteiger partial charge in [0.25, 0.3) is 0 Å². The van der Waals surface area contributed by atoms with E-state index in [4.69, 9.17) is 19.9 Å². The van der Waals surface area contributed by atoms with Crippen molar-refractivity contribution in [1.29, 1.82) is 0 Å². The van der Waals surface area contributed by atoms with Gasteiger partial charge in [0.1, 0.15) is 28.2 Å². The van der Waals surface area contributed by atoms with Crippen LogP contribution in [0.1, 0.15) is 22.8 Å². The quantitative estimate of drug-likeness (QED) is 0.131. The van der Waals surface area contributed by atoms with E-state index in [9.17, 15) is 0 Å². The fourth-order valence-electron chi connectivity index (χ4n) is 6.94. The Hall–Kier alpha value is -4.98. The third-order valence-electron chi connectivity index (χ3n) is 9.68. The first-order valence-corrected chi connectivity index (χ1v) is 17.3. The summed E-state index contributed by atoms with van der Waals surface area (Å²) in [5, 5.41) is 0. The van der Waals surface area contributed by atoms with Gasteiger partial charge in [-0.1, -0.05) is 24.3 Å². The number of hydrogen-bond acceptors (Lipinski definition) is 2. The predicted octanol–water partition coefficient (Wildman–Crippen LogP) is -6.11. The minimum absolute atomic E-state index is 0. The molecule has 290 valence electrons. The summed E-state index contributed by atoms with van der Waals surface area (Å²) < 4.78 is 8.14. The van der Waals surface area contributed by atoms with Crippen molar-refractivity contribution in [1.82, 2.24) is 19.9 Å². The van der Waals surface area contributed by atoms with Crippen LogP contribution in [0.15, 0.2) is 122 Å². The Kier molecular flexibility index (Phi) is 14.5. The fourth-order valence-corrected chi connectivity index (χ4v) is 6.94. The molecule has 0 unspecified atom stereocenters. The van der Waals surface area contributed by atoms with Crippen molar-refractivity contribution in [2.75, 3.05) is 0 Å². The standard InChI is InChI=1S/C44H36N8.4ClH.Pd/c1-49-21-13-29(14-22-49)41-33-5-7-35(45-33)42(30-15-23-50(2)24-16-30)37-9-11-39(47-37)44(32-19-27-52(4)28-20-32)40-12-10-38(48-40)43(36-8-6-34(41)46-36)31-17-25-51(3)26-18-31;;;;;/h5-28H,1-4H3;4*1H;/q+2;;;;;+2/p-4. The van der Waals surface area contributed by atoms with Crippen LogP contribution in [0.25, 0.3) is 90.9 Å². The van der Waals surface area contributed by atoms with Crippen molar-refractivity contribution in [3.05, 3.63) is 145 Å². The molecule has 2 aliphatic heterocycles. The molecule has 0 saturated heterocycles. The van der Waals surface area contributed by atoms with Crippen LogP contribution in [0.3, 0.4) is 0 Å². The van der Waals surface area contributed by atoms with Gasteiger partial charge in [-0.15, -0.1) is 22.1 Å². The minimum atomic E-state index is 0. The van der Waals surface area contributed by atoms with Crippen LogP contribution in [0.5, 0.6) is 0 Å². The third-order valence-corrected chi connectivity index (χ3v) is 9.68. The molecule has 0 radical (unpaired) electrons. The van der Waals surface area contributed by atoms with Crippen molar-refractivity contribution < 1.29 is 88.3 Å². The SMILES string of the molecule is C[n+]1ccc(-c2c3nc(c(-c4cc[n+](C)cc4)c4ccc([n-]4)c(-c4cc[n+](C)cc4)c4nc(c(-c5cc[n+](C)cc5)c5ccc2[n-]5)C=C4)C=C3)cc1.[Cl-].[Cl-].[Cl-].[Cl-].[Pd+2]. The zero-order valence-corrected chi connectivity index (χ0v) is 35.8. The first-order valence-electron chi connectivity index (χ1n) is 17.3. The number of pyridine rings is 4. The number of rotatable bonds is 4. The second-order valence-electron chi connectivity index (χ2n) is 13.4. The van der Waals surface area contributed by atoms with Gasteiger partial charge in [-0.25, -0.2) is 28.2 Å². The maximum atomic E-state index is 5.35. The predicted molar refractivity (Wildman–Crippen MR) is 203 cm³/mol. The largest absolute Gasteiger partial charge is 2.00 e. The van der Waals surface area contributed by atoms with Gasteiger partial charge in [0.2, 0.25) is 0 Å². The summed E-state index contributed by atoms with van der Waals surface area (Å²) in [6.07, 6.45) is 24.9. The van der Waals surface area contributed by atoms with E-state index in [0.29, 0.717) is 0 Å². The van der Waals surface area contributed by atoms with E-state index in [1.807, 2.05) is 46.5 Å². The van der Waals surface area contributed by atoms with Crippen molar-refractivity contribution >= 4 is 46.4 Å². The molecule has 9 rings (SSSR count). The summed E-state index contributed by atoms with van der Waals surface area (Å²) in [4.78, 5) is 21.4. The van der Waals surface area contributed by atoms with Crippen LogP contribution in [0.4, 0.5) is 0 Å². The smallest absolute Gasteiger partial charge is 1.00 e. The van der Waals surface area contributed by atoms with Crippen LogP contribution in [-0.2, 0) is 48.6 Å². The molecule has 7 aromatic heterocycles. The van der Waals surface area contributed by atoms with Gasteiger partial charge in [0, 0.05) is 48.5 Å². The molecule has 9 heterocycles. The van der Waals surface area contributed by atoms with E-state index in [0.717, 1.165) is 89.4 Å². The molecule has 7 aromatic rings. The van der Waals surface area contributed by atoms with E-state index in [1.165, 1.54) is 0 Å². The fraction of sp³-hybridized carbons (Fsp3) is 0.0909. The molecule has 0 aliphatic carbocycles. The maximum Gasteiger partial charge on any atom is 2.00 e. The first-order chi connectivity index (χ1) is 25.4. The molecular weight excluding hydrogens is 889 g/mol. The van der Waals surface area contributed by atoms with Crippen molar-refractivity contribution in [2.24, 2.45) is 28.2 Å². The Labute approximate surface area is 370 Å². The summed E-state index contributed by atoms with van der Waals surface area (Å²) in [6, 6.07) is 25.4. The van der Waals surface area contributed by atoms with E-state index in [-0.39, 0.29) is 70.1 Å². The van der Waals surface area contributed by atoms with Crippen molar-refractivity contribution in [3.8, 4) is 44.5 Å². The van der Waals surface area contributed by atoms with E-state index in [2.05, 4.69) is 147 Å². The Morgan fingerprint density at radius 3 is 0.719 bits per heavy atom. The zero-order valence-electron chi connectivity index (χ0n) is 31.3. The zero-order chi connectivity index (χ0) is 35.3. The van der Waals surface area contributed by atoms with Gasteiger partial charge in [-0.3, -0.25) is 0 Å². The van der Waals surface area contributed by atoms with Gasteiger partial charge in [0.05, 0.1) is 22.8 Å². The molecule has 0 saturated carbocycles. The molecule has 0 spiro atoms. The molecule has 0 N–H and O–H groups in total. The number of halogens is 4. The number of aryl methyl sites for hydroxylation is 4. The minimum Gasteiger partial charge on any atom is -1.00 e. The van der Waals surface area contributed by atoms with Crippen LogP contribution >= 0.6 is 0 Å². The van der Waals surface area contributed by atoms with Crippen molar-refractivity contribution in [3.63, 3.8) is 0 Å². The summed E-state index contributed by atoms with van der Waals surface area (Å²) in [7, 11) is 8.10. The third kappa shape index (κ3) is 8.66. The molecule has 8 nitrogen and oxygen atoms in total. The second kappa shape index (κ2) is 18.5. The number of nitrogens with zero attached hydrogens (tertiary/aromatic N) is 8. The number of fused-ring (bicyclic) bond motifs is 8. The van der Waals surface area contributed by atoms with Gasteiger partial charge >= 0.3 is 20.4 Å². The monoisotopic (exact) mass is 922 g/mol. The first kappa shape index (κ1) is 44.7. The van der Waals surface area contributed by atoms with Gasteiger partial charge in [-0.05, 0) is 68.8 Å². The van der Waals surface area contributed by atoms with Crippen LogP contribution in [0.2, 0.25) is 0 Å². The van der Waals surface area contributed by atoms with Gasteiger partial charge in [0.15, 0.2) is 49.6 Å². The molecule has 0 aromatic carbocycles. The average molecular weight is 925 g/mol. The average Bonchev–Trinajstić information content (AvgIpc) is 3.99. The Morgan fingerprint density at radius 1 is 0.333 bits per heavy atom.